The van der Waals surface area contributed by atoms with Gasteiger partial charge >= 0.3 is 0 Å². The molecular formula is C15H19NO2. The highest BCUT2D eigenvalue weighted by atomic mass is 16.1. The molecule has 18 heavy (non-hydrogen) atoms. The van der Waals surface area contributed by atoms with Crippen LogP contribution >= 0.6 is 0 Å². The SMILES string of the molecule is CCC(C)C(=O)c1ccc2c(c1)CCCC(=O)N2. The van der Waals surface area contributed by atoms with Crippen LogP contribution in [0.3, 0.4) is 0 Å². The highest BCUT2D eigenvalue weighted by Crippen LogP contribution is 2.24. The second-order valence-electron chi connectivity index (χ2n) is 4.95. The summed E-state index contributed by atoms with van der Waals surface area (Å²) in [5.74, 6) is 0.314. The number of hydrogen-bond donors (Lipinski definition) is 1. The lowest BCUT2D eigenvalue weighted by Gasteiger charge is -2.11. The van der Waals surface area contributed by atoms with Crippen LogP contribution < -0.4 is 5.32 Å². The van der Waals surface area contributed by atoms with Crippen LogP contribution in [0.15, 0.2) is 18.2 Å². The van der Waals surface area contributed by atoms with Crippen molar-refractivity contribution in [3.63, 3.8) is 0 Å². The molecular weight excluding hydrogens is 226 g/mol. The number of ketones is 1. The quantitative estimate of drug-likeness (QED) is 0.831. The second-order valence-corrected chi connectivity index (χ2v) is 4.95. The Morgan fingerprint density at radius 1 is 1.39 bits per heavy atom. The number of benzene rings is 1. The van der Waals surface area contributed by atoms with E-state index in [2.05, 4.69) is 5.32 Å². The fourth-order valence-corrected chi connectivity index (χ4v) is 2.20. The Balaban J connectivity index is 2.29. The topological polar surface area (TPSA) is 46.2 Å². The first-order valence-electron chi connectivity index (χ1n) is 6.58. The number of nitrogens with one attached hydrogen (secondary N) is 1. The number of hydrogen-bond acceptors (Lipinski definition) is 2. The molecule has 1 heterocycles. The summed E-state index contributed by atoms with van der Waals surface area (Å²) in [6, 6.07) is 5.61. The first-order valence-corrected chi connectivity index (χ1v) is 6.58. The van der Waals surface area contributed by atoms with Gasteiger partial charge in [0.05, 0.1) is 0 Å². The maximum Gasteiger partial charge on any atom is 0.224 e. The third kappa shape index (κ3) is 2.61. The molecule has 96 valence electrons. The van der Waals surface area contributed by atoms with Crippen LogP contribution in [0, 0.1) is 5.92 Å². The number of carbonyl (C=O) groups is 2. The van der Waals surface area contributed by atoms with E-state index in [1.54, 1.807) is 0 Å². The molecule has 0 aliphatic carbocycles. The largest absolute Gasteiger partial charge is 0.326 e. The Morgan fingerprint density at radius 2 is 2.17 bits per heavy atom. The first kappa shape index (κ1) is 12.8. The minimum Gasteiger partial charge on any atom is -0.326 e. The zero-order valence-electron chi connectivity index (χ0n) is 11.0. The maximum absolute atomic E-state index is 12.1. The number of carbonyl (C=O) groups excluding carboxylic acids is 2. The van der Waals surface area contributed by atoms with E-state index >= 15 is 0 Å². The molecule has 3 heteroatoms. The zero-order chi connectivity index (χ0) is 13.1. The van der Waals surface area contributed by atoms with Gasteiger partial charge in [0.1, 0.15) is 0 Å². The lowest BCUT2D eigenvalue weighted by Crippen LogP contribution is -2.12. The van der Waals surface area contributed by atoms with Crippen molar-refractivity contribution in [3.8, 4) is 0 Å². The van der Waals surface area contributed by atoms with Gasteiger partial charge in [-0.25, -0.2) is 0 Å². The summed E-state index contributed by atoms with van der Waals surface area (Å²) >= 11 is 0. The standard InChI is InChI=1S/C15H19NO2/c1-3-10(2)15(18)12-7-8-13-11(9-12)5-4-6-14(17)16-13/h7-10H,3-6H2,1-2H3,(H,16,17). The number of rotatable bonds is 3. The Bertz CT molecular complexity index is 479. The number of Topliss-reactive ketones (excluding diaryl/α,β-unsaturated/α-hetero) is 1. The third-order valence-corrected chi connectivity index (χ3v) is 3.57. The zero-order valence-corrected chi connectivity index (χ0v) is 11.0. The normalized spacial score (nSPS) is 16.4. The molecule has 0 bridgehead atoms. The summed E-state index contributed by atoms with van der Waals surface area (Å²) in [5.41, 5.74) is 2.70. The van der Waals surface area contributed by atoms with Gasteiger partial charge in [0, 0.05) is 23.6 Å². The summed E-state index contributed by atoms with van der Waals surface area (Å²) in [6.45, 7) is 3.97. The molecule has 0 saturated heterocycles. The second kappa shape index (κ2) is 5.34. The van der Waals surface area contributed by atoms with Crippen LogP contribution in [0.2, 0.25) is 0 Å². The molecule has 0 spiro atoms. The molecule has 1 aromatic carbocycles. The van der Waals surface area contributed by atoms with E-state index in [-0.39, 0.29) is 17.6 Å². The van der Waals surface area contributed by atoms with E-state index in [0.29, 0.717) is 6.42 Å². The van der Waals surface area contributed by atoms with E-state index in [4.69, 9.17) is 0 Å². The molecule has 1 aromatic rings. The first-order chi connectivity index (χ1) is 8.61. The van der Waals surface area contributed by atoms with E-state index < -0.39 is 0 Å². The summed E-state index contributed by atoms with van der Waals surface area (Å²) in [6.07, 6.45) is 3.12. The van der Waals surface area contributed by atoms with Crippen LogP contribution in [0.1, 0.15) is 49.0 Å². The van der Waals surface area contributed by atoms with Gasteiger partial charge in [0.15, 0.2) is 5.78 Å². The van der Waals surface area contributed by atoms with Crippen molar-refractivity contribution in [2.75, 3.05) is 5.32 Å². The molecule has 0 fully saturated rings. The lowest BCUT2D eigenvalue weighted by atomic mass is 9.94. The number of fused-ring (bicyclic) bond motifs is 1. The van der Waals surface area contributed by atoms with Crippen molar-refractivity contribution >= 4 is 17.4 Å². The molecule has 1 aliphatic rings. The lowest BCUT2D eigenvalue weighted by molar-refractivity contribution is -0.116. The van der Waals surface area contributed by atoms with Gasteiger partial charge in [-0.05, 0) is 43.0 Å². The molecule has 0 saturated carbocycles. The number of anilines is 1. The minimum absolute atomic E-state index is 0.0587. The van der Waals surface area contributed by atoms with E-state index in [9.17, 15) is 9.59 Å². The Morgan fingerprint density at radius 3 is 2.89 bits per heavy atom. The highest BCUT2D eigenvalue weighted by molar-refractivity contribution is 5.99. The van der Waals surface area contributed by atoms with Gasteiger partial charge in [-0.2, -0.15) is 0 Å². The maximum atomic E-state index is 12.1. The van der Waals surface area contributed by atoms with Gasteiger partial charge in [-0.3, -0.25) is 9.59 Å². The van der Waals surface area contributed by atoms with E-state index in [0.717, 1.165) is 36.1 Å². The molecule has 3 nitrogen and oxygen atoms in total. The van der Waals surface area contributed by atoms with Crippen LogP contribution in [0.4, 0.5) is 5.69 Å². The van der Waals surface area contributed by atoms with Crippen molar-refractivity contribution in [1.82, 2.24) is 0 Å². The van der Waals surface area contributed by atoms with Crippen molar-refractivity contribution in [2.45, 2.75) is 39.5 Å². The fraction of sp³-hybridized carbons (Fsp3) is 0.467. The average Bonchev–Trinajstić information content (AvgIpc) is 2.56. The minimum atomic E-state index is 0.0587. The highest BCUT2D eigenvalue weighted by Gasteiger charge is 2.17. The van der Waals surface area contributed by atoms with E-state index in [1.165, 1.54) is 0 Å². The summed E-state index contributed by atoms with van der Waals surface area (Å²) < 4.78 is 0. The Hall–Kier alpha value is -1.64. The summed E-state index contributed by atoms with van der Waals surface area (Å²) in [5, 5.41) is 2.88. The predicted octanol–water partition coefficient (Wildman–Crippen LogP) is 3.19. The van der Waals surface area contributed by atoms with E-state index in [1.807, 2.05) is 32.0 Å². The molecule has 1 atom stereocenters. The molecule has 0 radical (unpaired) electrons. The Kier molecular flexibility index (Phi) is 3.80. The van der Waals surface area contributed by atoms with Gasteiger partial charge < -0.3 is 5.32 Å². The molecule has 1 unspecified atom stereocenters. The van der Waals surface area contributed by atoms with Crippen molar-refractivity contribution in [1.29, 1.82) is 0 Å². The Labute approximate surface area is 108 Å². The predicted molar refractivity (Wildman–Crippen MR) is 71.8 cm³/mol. The van der Waals surface area contributed by atoms with Crippen LogP contribution in [-0.2, 0) is 11.2 Å². The molecule has 1 aliphatic heterocycles. The molecule has 0 aromatic heterocycles. The third-order valence-electron chi connectivity index (χ3n) is 3.57. The van der Waals surface area contributed by atoms with Crippen molar-refractivity contribution in [3.05, 3.63) is 29.3 Å². The molecule has 1 N–H and O–H groups in total. The number of aryl methyl sites for hydroxylation is 1. The summed E-state index contributed by atoms with van der Waals surface area (Å²) in [7, 11) is 0. The molecule has 2 rings (SSSR count). The fourth-order valence-electron chi connectivity index (χ4n) is 2.20. The molecule has 1 amide bonds. The van der Waals surface area contributed by atoms with Gasteiger partial charge in [-0.1, -0.05) is 13.8 Å². The van der Waals surface area contributed by atoms with Crippen molar-refractivity contribution in [2.24, 2.45) is 5.92 Å². The summed E-state index contributed by atoms with van der Waals surface area (Å²) in [4.78, 5) is 23.6. The smallest absolute Gasteiger partial charge is 0.224 e. The van der Waals surface area contributed by atoms with Gasteiger partial charge in [0.25, 0.3) is 0 Å². The number of amides is 1. The van der Waals surface area contributed by atoms with Crippen LogP contribution in [-0.4, -0.2) is 11.7 Å². The van der Waals surface area contributed by atoms with Crippen LogP contribution in [0.5, 0.6) is 0 Å². The monoisotopic (exact) mass is 245 g/mol. The average molecular weight is 245 g/mol. The van der Waals surface area contributed by atoms with Gasteiger partial charge in [0.2, 0.25) is 5.91 Å². The van der Waals surface area contributed by atoms with Crippen LogP contribution in [0.25, 0.3) is 0 Å². The van der Waals surface area contributed by atoms with Gasteiger partial charge in [-0.15, -0.1) is 0 Å². The van der Waals surface area contributed by atoms with Crippen molar-refractivity contribution < 1.29 is 9.59 Å².